The van der Waals surface area contributed by atoms with Crippen LogP contribution in [0.25, 0.3) is 0 Å². The molecule has 1 aliphatic heterocycles. The molecule has 0 aromatic heterocycles. The van der Waals surface area contributed by atoms with E-state index in [4.69, 9.17) is 9.84 Å². The third-order valence-electron chi connectivity index (χ3n) is 3.47. The number of hydrogen-bond donors (Lipinski definition) is 1. The molecule has 2 atom stereocenters. The number of hydrogen-bond acceptors (Lipinski definition) is 3. The van der Waals surface area contributed by atoms with Crippen molar-refractivity contribution >= 4 is 12.1 Å². The van der Waals surface area contributed by atoms with Gasteiger partial charge in [-0.1, -0.05) is 30.3 Å². The molecule has 2 rings (SSSR count). The average Bonchev–Trinajstić information content (AvgIpc) is 2.91. The van der Waals surface area contributed by atoms with E-state index in [-0.39, 0.29) is 19.7 Å². The fourth-order valence-corrected chi connectivity index (χ4v) is 2.31. The molecule has 1 aliphatic rings. The molecule has 1 fully saturated rings. The normalized spacial score (nSPS) is 21.6. The van der Waals surface area contributed by atoms with Crippen molar-refractivity contribution in [3.8, 4) is 0 Å². The third-order valence-corrected chi connectivity index (χ3v) is 3.47. The summed E-state index contributed by atoms with van der Waals surface area (Å²) in [5.74, 6) is -3.93. The molecule has 0 spiro atoms. The lowest BCUT2D eigenvalue weighted by molar-refractivity contribution is -0.144. The van der Waals surface area contributed by atoms with Crippen LogP contribution in [-0.4, -0.2) is 41.6 Å². The van der Waals surface area contributed by atoms with Crippen molar-refractivity contribution in [2.24, 2.45) is 11.8 Å². The van der Waals surface area contributed by atoms with Crippen molar-refractivity contribution in [2.75, 3.05) is 13.1 Å². The number of carboxylic acid groups (broad SMARTS) is 1. The molecule has 1 heterocycles. The zero-order chi connectivity index (χ0) is 15.4. The number of ether oxygens (including phenoxy) is 1. The van der Waals surface area contributed by atoms with E-state index in [9.17, 15) is 18.4 Å². The molecular formula is C14H15F2NO4. The fourth-order valence-electron chi connectivity index (χ4n) is 2.31. The van der Waals surface area contributed by atoms with Gasteiger partial charge in [-0.25, -0.2) is 13.6 Å². The second-order valence-electron chi connectivity index (χ2n) is 4.89. The summed E-state index contributed by atoms with van der Waals surface area (Å²) in [4.78, 5) is 23.8. The summed E-state index contributed by atoms with van der Waals surface area (Å²) in [6.07, 6.45) is -3.55. The number of likely N-dealkylation sites (tertiary alicyclic amines) is 1. The summed E-state index contributed by atoms with van der Waals surface area (Å²) in [5.41, 5.74) is 0.769. The topological polar surface area (TPSA) is 66.8 Å². The molecule has 0 aliphatic carbocycles. The number of carbonyl (C=O) groups excluding carboxylic acids is 1. The number of benzene rings is 1. The van der Waals surface area contributed by atoms with E-state index >= 15 is 0 Å². The number of nitrogens with zero attached hydrogens (tertiary/aromatic N) is 1. The minimum atomic E-state index is -2.78. The van der Waals surface area contributed by atoms with Crippen molar-refractivity contribution in [1.82, 2.24) is 4.90 Å². The number of alkyl halides is 2. The monoisotopic (exact) mass is 299 g/mol. The van der Waals surface area contributed by atoms with Gasteiger partial charge in [0, 0.05) is 13.1 Å². The van der Waals surface area contributed by atoms with Gasteiger partial charge in [-0.05, 0) is 5.56 Å². The quantitative estimate of drug-likeness (QED) is 0.925. The molecule has 5 nitrogen and oxygen atoms in total. The molecule has 1 saturated heterocycles. The van der Waals surface area contributed by atoms with E-state index in [1.807, 2.05) is 6.07 Å². The maximum Gasteiger partial charge on any atom is 0.410 e. The molecule has 1 aromatic rings. The minimum Gasteiger partial charge on any atom is -0.481 e. The fraction of sp³-hybridized carbons (Fsp3) is 0.429. The summed E-state index contributed by atoms with van der Waals surface area (Å²) in [6.45, 7) is -0.534. The smallest absolute Gasteiger partial charge is 0.410 e. The lowest BCUT2D eigenvalue weighted by Crippen LogP contribution is -2.30. The Balaban J connectivity index is 1.93. The van der Waals surface area contributed by atoms with Crippen LogP contribution in [0, 0.1) is 11.8 Å². The highest BCUT2D eigenvalue weighted by atomic mass is 19.3. The van der Waals surface area contributed by atoms with Gasteiger partial charge < -0.3 is 14.7 Å². The van der Waals surface area contributed by atoms with Crippen LogP contribution in [0.5, 0.6) is 0 Å². The van der Waals surface area contributed by atoms with Gasteiger partial charge in [-0.2, -0.15) is 0 Å². The Morgan fingerprint density at radius 2 is 1.95 bits per heavy atom. The summed E-state index contributed by atoms with van der Waals surface area (Å²) in [5, 5.41) is 8.93. The molecule has 114 valence electrons. The van der Waals surface area contributed by atoms with Crippen molar-refractivity contribution in [3.05, 3.63) is 35.9 Å². The van der Waals surface area contributed by atoms with Crippen LogP contribution in [0.2, 0.25) is 0 Å². The zero-order valence-corrected chi connectivity index (χ0v) is 11.1. The molecule has 7 heteroatoms. The number of carbonyl (C=O) groups is 2. The molecule has 0 unspecified atom stereocenters. The van der Waals surface area contributed by atoms with Crippen LogP contribution in [0.1, 0.15) is 5.56 Å². The van der Waals surface area contributed by atoms with Gasteiger partial charge >= 0.3 is 12.1 Å². The van der Waals surface area contributed by atoms with Crippen molar-refractivity contribution in [3.63, 3.8) is 0 Å². The van der Waals surface area contributed by atoms with Gasteiger partial charge in [0.05, 0.1) is 11.8 Å². The third kappa shape index (κ3) is 3.68. The van der Waals surface area contributed by atoms with Gasteiger partial charge in [0.1, 0.15) is 6.61 Å². The maximum absolute atomic E-state index is 12.8. The molecule has 0 bridgehead atoms. The van der Waals surface area contributed by atoms with Crippen molar-refractivity contribution < 1.29 is 28.2 Å². The summed E-state index contributed by atoms with van der Waals surface area (Å²) in [6, 6.07) is 8.91. The Morgan fingerprint density at radius 1 is 1.29 bits per heavy atom. The standard InChI is InChI=1S/C14H15F2NO4/c15-12(16)10-6-17(7-11(10)13(18)19)14(20)21-8-9-4-2-1-3-5-9/h1-5,10-12H,6-8H2,(H,18,19)/t10-,11-/m1/s1. The molecule has 1 aromatic carbocycles. The van der Waals surface area contributed by atoms with E-state index in [1.54, 1.807) is 24.3 Å². The van der Waals surface area contributed by atoms with Crippen LogP contribution in [0.3, 0.4) is 0 Å². The molecule has 1 N–H and O–H groups in total. The van der Waals surface area contributed by atoms with E-state index in [0.29, 0.717) is 0 Å². The average molecular weight is 299 g/mol. The van der Waals surface area contributed by atoms with Gasteiger partial charge in [-0.3, -0.25) is 4.79 Å². The predicted molar refractivity (Wildman–Crippen MR) is 68.8 cm³/mol. The van der Waals surface area contributed by atoms with Crippen LogP contribution < -0.4 is 0 Å². The maximum atomic E-state index is 12.8. The highest BCUT2D eigenvalue weighted by molar-refractivity contribution is 5.74. The zero-order valence-electron chi connectivity index (χ0n) is 11.1. The van der Waals surface area contributed by atoms with E-state index < -0.39 is 30.3 Å². The van der Waals surface area contributed by atoms with Crippen LogP contribution in [0.4, 0.5) is 13.6 Å². The highest BCUT2D eigenvalue weighted by Gasteiger charge is 2.44. The predicted octanol–water partition coefficient (Wildman–Crippen LogP) is 2.22. The van der Waals surface area contributed by atoms with Gasteiger partial charge in [-0.15, -0.1) is 0 Å². The van der Waals surface area contributed by atoms with E-state index in [1.165, 1.54) is 0 Å². The van der Waals surface area contributed by atoms with Gasteiger partial charge in [0.2, 0.25) is 6.43 Å². The first-order valence-electron chi connectivity index (χ1n) is 6.45. The Labute approximate surface area is 120 Å². The lowest BCUT2D eigenvalue weighted by Gasteiger charge is -2.16. The largest absolute Gasteiger partial charge is 0.481 e. The lowest BCUT2D eigenvalue weighted by atomic mass is 9.97. The van der Waals surface area contributed by atoms with Gasteiger partial charge in [0.15, 0.2) is 0 Å². The molecule has 0 radical (unpaired) electrons. The second kappa shape index (κ2) is 6.51. The number of halogens is 2. The van der Waals surface area contributed by atoms with Crippen LogP contribution in [0.15, 0.2) is 30.3 Å². The van der Waals surface area contributed by atoms with Crippen LogP contribution >= 0.6 is 0 Å². The molecular weight excluding hydrogens is 284 g/mol. The van der Waals surface area contributed by atoms with Crippen molar-refractivity contribution in [2.45, 2.75) is 13.0 Å². The molecule has 21 heavy (non-hydrogen) atoms. The summed E-state index contributed by atoms with van der Waals surface area (Å²) < 4.78 is 30.6. The number of aliphatic carboxylic acids is 1. The summed E-state index contributed by atoms with van der Waals surface area (Å²) in [7, 11) is 0. The first kappa shape index (κ1) is 15.2. The summed E-state index contributed by atoms with van der Waals surface area (Å²) >= 11 is 0. The second-order valence-corrected chi connectivity index (χ2v) is 4.89. The first-order valence-corrected chi connectivity index (χ1v) is 6.45. The highest BCUT2D eigenvalue weighted by Crippen LogP contribution is 2.29. The van der Waals surface area contributed by atoms with Gasteiger partial charge in [0.25, 0.3) is 0 Å². The Hall–Kier alpha value is -2.18. The minimum absolute atomic E-state index is 0.0211. The number of carboxylic acids is 1. The number of amides is 1. The van der Waals surface area contributed by atoms with E-state index in [0.717, 1.165) is 10.5 Å². The molecule has 1 amide bonds. The Kier molecular flexibility index (Phi) is 4.72. The van der Waals surface area contributed by atoms with Crippen molar-refractivity contribution in [1.29, 1.82) is 0 Å². The number of rotatable bonds is 4. The van der Waals surface area contributed by atoms with Crippen LogP contribution in [-0.2, 0) is 16.1 Å². The Morgan fingerprint density at radius 3 is 2.48 bits per heavy atom. The van der Waals surface area contributed by atoms with E-state index in [2.05, 4.69) is 0 Å². The first-order chi connectivity index (χ1) is 9.99. The SMILES string of the molecule is O=C(O)[C@@H]1CN(C(=O)OCc2ccccc2)C[C@H]1C(F)F. The molecule has 0 saturated carbocycles. The Bertz CT molecular complexity index is 509.